The maximum atomic E-state index is 12.5. The fourth-order valence-electron chi connectivity index (χ4n) is 4.11. The van der Waals surface area contributed by atoms with Crippen molar-refractivity contribution in [3.63, 3.8) is 0 Å². The molecule has 0 heterocycles. The Bertz CT molecular complexity index is 706. The van der Waals surface area contributed by atoms with Gasteiger partial charge in [-0.25, -0.2) is 0 Å². The molecule has 0 aliphatic heterocycles. The van der Waals surface area contributed by atoms with Crippen LogP contribution in [-0.2, 0) is 33.4 Å². The molecular weight excluding hydrogens is 456 g/mol. The minimum Gasteiger partial charge on any atom is -0.481 e. The molecule has 0 amide bonds. The normalized spacial score (nSPS) is 19.6. The van der Waals surface area contributed by atoms with Crippen LogP contribution in [0, 0.1) is 17.8 Å². The van der Waals surface area contributed by atoms with Crippen molar-refractivity contribution in [1.29, 1.82) is 0 Å². The number of carboxylic acids is 2. The number of hydrogen-bond donors (Lipinski definition) is 2. The Morgan fingerprint density at radius 1 is 0.886 bits per heavy atom. The van der Waals surface area contributed by atoms with Gasteiger partial charge >= 0.3 is 23.9 Å². The summed E-state index contributed by atoms with van der Waals surface area (Å²) in [7, 11) is 0. The van der Waals surface area contributed by atoms with E-state index in [1.165, 1.54) is 0 Å². The van der Waals surface area contributed by atoms with E-state index >= 15 is 0 Å². The maximum Gasteiger partial charge on any atom is 0.309 e. The van der Waals surface area contributed by atoms with Gasteiger partial charge in [0.1, 0.15) is 5.60 Å². The minimum atomic E-state index is -0.833. The fraction of sp³-hybridized carbons (Fsp3) is 0.846. The second kappa shape index (κ2) is 14.4. The Kier molecular flexibility index (Phi) is 12.7. The van der Waals surface area contributed by atoms with E-state index in [1.807, 2.05) is 34.6 Å². The van der Waals surface area contributed by atoms with E-state index < -0.39 is 29.1 Å². The molecule has 9 heteroatoms. The van der Waals surface area contributed by atoms with Crippen LogP contribution >= 0.6 is 0 Å². The smallest absolute Gasteiger partial charge is 0.309 e. The van der Waals surface area contributed by atoms with Crippen LogP contribution in [0.15, 0.2) is 0 Å². The number of carboxylic acid groups (broad SMARTS) is 2. The second-order valence-electron chi connectivity index (χ2n) is 10.7. The van der Waals surface area contributed by atoms with Gasteiger partial charge < -0.3 is 24.4 Å². The first-order chi connectivity index (χ1) is 16.3. The summed E-state index contributed by atoms with van der Waals surface area (Å²) in [6.07, 6.45) is 4.74. The van der Waals surface area contributed by atoms with Crippen LogP contribution in [0.3, 0.4) is 0 Å². The third-order valence-corrected chi connectivity index (χ3v) is 6.73. The van der Waals surface area contributed by atoms with Crippen molar-refractivity contribution >= 4 is 23.9 Å². The molecule has 1 aliphatic rings. The van der Waals surface area contributed by atoms with Gasteiger partial charge in [-0.2, -0.15) is 0 Å². The molecule has 9 nitrogen and oxygen atoms in total. The highest BCUT2D eigenvalue weighted by molar-refractivity contribution is 5.74. The molecule has 0 spiro atoms. The van der Waals surface area contributed by atoms with Crippen LogP contribution in [0.25, 0.3) is 0 Å². The second-order valence-corrected chi connectivity index (χ2v) is 10.7. The number of ether oxygens (including phenoxy) is 3. The Morgan fingerprint density at radius 2 is 1.46 bits per heavy atom. The van der Waals surface area contributed by atoms with Gasteiger partial charge in [0, 0.05) is 19.3 Å². The quantitative estimate of drug-likeness (QED) is 0.291. The number of hydrogen-bond acceptors (Lipinski definition) is 7. The molecule has 1 aliphatic carbocycles. The lowest BCUT2D eigenvalue weighted by molar-refractivity contribution is -0.166. The molecule has 1 atom stereocenters. The number of aliphatic carboxylic acids is 2. The van der Waals surface area contributed by atoms with Gasteiger partial charge in [0.15, 0.2) is 0 Å². The van der Waals surface area contributed by atoms with Gasteiger partial charge in [0.2, 0.25) is 0 Å². The summed E-state index contributed by atoms with van der Waals surface area (Å²) in [6.45, 7) is 9.86. The average Bonchev–Trinajstić information content (AvgIpc) is 2.75. The van der Waals surface area contributed by atoms with Crippen molar-refractivity contribution in [3.8, 4) is 0 Å². The van der Waals surface area contributed by atoms with Crippen molar-refractivity contribution in [1.82, 2.24) is 0 Å². The van der Waals surface area contributed by atoms with Crippen molar-refractivity contribution in [3.05, 3.63) is 0 Å². The summed E-state index contributed by atoms with van der Waals surface area (Å²) >= 11 is 0. The Morgan fingerprint density at radius 3 is 2.00 bits per heavy atom. The van der Waals surface area contributed by atoms with Crippen molar-refractivity contribution in [2.24, 2.45) is 17.8 Å². The van der Waals surface area contributed by atoms with Crippen LogP contribution in [0.1, 0.15) is 98.8 Å². The zero-order chi connectivity index (χ0) is 26.6. The standard InChI is InChI=1S/C26H44O9/c1-6-18(22(28)29)8-7-9-21(27)33-16-14-25(2,3)34-17-15-26(4,5)35-24(32)20-12-10-19(11-13-20)23(30)31/h18-20H,6-17H2,1-5H3,(H,28,29)(H,30,31). The topological polar surface area (TPSA) is 136 Å². The van der Waals surface area contributed by atoms with E-state index in [0.29, 0.717) is 64.4 Å². The molecule has 35 heavy (non-hydrogen) atoms. The lowest BCUT2D eigenvalue weighted by atomic mass is 9.82. The molecule has 0 saturated heterocycles. The highest BCUT2D eigenvalue weighted by Crippen LogP contribution is 2.31. The van der Waals surface area contributed by atoms with Crippen LogP contribution in [0.2, 0.25) is 0 Å². The first-order valence-corrected chi connectivity index (χ1v) is 12.7. The summed E-state index contributed by atoms with van der Waals surface area (Å²) in [4.78, 5) is 46.5. The van der Waals surface area contributed by atoms with Gasteiger partial charge in [0.25, 0.3) is 0 Å². The van der Waals surface area contributed by atoms with E-state index in [9.17, 15) is 19.2 Å². The van der Waals surface area contributed by atoms with Crippen molar-refractivity contribution in [2.75, 3.05) is 13.2 Å². The summed E-state index contributed by atoms with van der Waals surface area (Å²) in [5, 5.41) is 18.1. The molecule has 0 aromatic heterocycles. The largest absolute Gasteiger partial charge is 0.481 e. The zero-order valence-corrected chi connectivity index (χ0v) is 22.0. The van der Waals surface area contributed by atoms with Gasteiger partial charge in [-0.05, 0) is 72.6 Å². The lowest BCUT2D eigenvalue weighted by Gasteiger charge is -2.32. The number of carbonyl (C=O) groups excluding carboxylic acids is 2. The van der Waals surface area contributed by atoms with Crippen molar-refractivity contribution in [2.45, 2.75) is 110 Å². The molecule has 0 radical (unpaired) electrons. The molecule has 1 saturated carbocycles. The average molecular weight is 501 g/mol. The molecule has 1 unspecified atom stereocenters. The van der Waals surface area contributed by atoms with Gasteiger partial charge in [-0.3, -0.25) is 19.2 Å². The maximum absolute atomic E-state index is 12.5. The first-order valence-electron chi connectivity index (χ1n) is 12.7. The Labute approximate surface area is 208 Å². The highest BCUT2D eigenvalue weighted by Gasteiger charge is 2.34. The minimum absolute atomic E-state index is 0.197. The Hall–Kier alpha value is -2.16. The summed E-state index contributed by atoms with van der Waals surface area (Å²) in [6, 6.07) is 0. The molecule has 1 fully saturated rings. The van der Waals surface area contributed by atoms with Crippen molar-refractivity contribution < 1.29 is 43.6 Å². The Balaban J connectivity index is 2.27. The van der Waals surface area contributed by atoms with E-state index in [4.69, 9.17) is 24.4 Å². The van der Waals surface area contributed by atoms with Crippen LogP contribution in [0.4, 0.5) is 0 Å². The van der Waals surface area contributed by atoms with Crippen LogP contribution in [-0.4, -0.2) is 58.5 Å². The summed E-state index contributed by atoms with van der Waals surface area (Å²) in [5.74, 6) is -3.30. The predicted octanol–water partition coefficient (Wildman–Crippen LogP) is 4.60. The number of carbonyl (C=O) groups is 4. The van der Waals surface area contributed by atoms with E-state index in [1.54, 1.807) is 0 Å². The van der Waals surface area contributed by atoms with Crippen LogP contribution in [0.5, 0.6) is 0 Å². The molecule has 2 N–H and O–H groups in total. The highest BCUT2D eigenvalue weighted by atomic mass is 16.6. The number of esters is 2. The predicted molar refractivity (Wildman–Crippen MR) is 129 cm³/mol. The first kappa shape index (κ1) is 30.9. The SMILES string of the molecule is CCC(CCCC(=O)OCCC(C)(C)OCCC(C)(C)OC(=O)C1CCC(C(=O)O)CC1)C(=O)O. The third kappa shape index (κ3) is 12.4. The van der Waals surface area contributed by atoms with E-state index in [2.05, 4.69) is 0 Å². The molecule has 0 aromatic carbocycles. The van der Waals surface area contributed by atoms with E-state index in [-0.39, 0.29) is 36.8 Å². The van der Waals surface area contributed by atoms with Gasteiger partial charge in [0.05, 0.1) is 36.6 Å². The van der Waals surface area contributed by atoms with Gasteiger partial charge in [-0.15, -0.1) is 0 Å². The molecule has 202 valence electrons. The number of rotatable bonds is 16. The molecule has 0 bridgehead atoms. The summed E-state index contributed by atoms with van der Waals surface area (Å²) < 4.78 is 16.9. The fourth-order valence-corrected chi connectivity index (χ4v) is 4.11. The zero-order valence-electron chi connectivity index (χ0n) is 22.0. The van der Waals surface area contributed by atoms with Gasteiger partial charge in [-0.1, -0.05) is 6.92 Å². The molecule has 1 rings (SSSR count). The third-order valence-electron chi connectivity index (χ3n) is 6.73. The van der Waals surface area contributed by atoms with E-state index in [0.717, 1.165) is 0 Å². The monoisotopic (exact) mass is 500 g/mol. The molecule has 0 aromatic rings. The lowest BCUT2D eigenvalue weighted by Crippen LogP contribution is -2.36. The van der Waals surface area contributed by atoms with Crippen LogP contribution < -0.4 is 0 Å². The molecular formula is C26H44O9. The summed E-state index contributed by atoms with van der Waals surface area (Å²) in [5.41, 5.74) is -1.25.